The van der Waals surface area contributed by atoms with Crippen molar-refractivity contribution < 1.29 is 4.39 Å². The molecule has 0 bridgehead atoms. The summed E-state index contributed by atoms with van der Waals surface area (Å²) in [7, 11) is 0. The van der Waals surface area contributed by atoms with E-state index in [0.717, 1.165) is 15.1 Å². The third-order valence-corrected chi connectivity index (χ3v) is 3.47. The molecule has 0 aliphatic rings. The highest BCUT2D eigenvalue weighted by molar-refractivity contribution is 9.10. The lowest BCUT2D eigenvalue weighted by Gasteiger charge is -2.07. The summed E-state index contributed by atoms with van der Waals surface area (Å²) >= 11 is 9.27. The molecule has 0 aliphatic heterocycles. The second-order valence-corrected chi connectivity index (χ2v) is 5.25. The van der Waals surface area contributed by atoms with Gasteiger partial charge in [0, 0.05) is 28.1 Å². The summed E-state index contributed by atoms with van der Waals surface area (Å²) in [5.41, 5.74) is 1.65. The molecule has 0 saturated heterocycles. The van der Waals surface area contributed by atoms with Crippen LogP contribution in [0.15, 0.2) is 46.9 Å². The van der Waals surface area contributed by atoms with Crippen molar-refractivity contribution in [2.24, 2.45) is 0 Å². The van der Waals surface area contributed by atoms with Gasteiger partial charge in [-0.25, -0.2) is 4.39 Å². The zero-order chi connectivity index (χ0) is 13.0. The number of nitrogens with one attached hydrogen (secondary N) is 1. The van der Waals surface area contributed by atoms with Crippen LogP contribution in [0.1, 0.15) is 11.1 Å². The van der Waals surface area contributed by atoms with Gasteiger partial charge < -0.3 is 5.32 Å². The fourth-order valence-corrected chi connectivity index (χ4v) is 2.17. The smallest absolute Gasteiger partial charge is 0.128 e. The Bertz CT molecular complexity index is 545. The van der Waals surface area contributed by atoms with E-state index in [0.29, 0.717) is 18.7 Å². The summed E-state index contributed by atoms with van der Waals surface area (Å²) in [6.45, 7) is 1.10. The Kier molecular flexibility index (Phi) is 4.75. The molecule has 1 N–H and O–H groups in total. The summed E-state index contributed by atoms with van der Waals surface area (Å²) in [6, 6.07) is 12.7. The molecule has 2 aromatic carbocycles. The summed E-state index contributed by atoms with van der Waals surface area (Å²) in [5.74, 6) is -0.212. The Labute approximate surface area is 119 Å². The molecular formula is C14H12BrClFN. The van der Waals surface area contributed by atoms with Crippen molar-refractivity contribution in [1.29, 1.82) is 0 Å². The van der Waals surface area contributed by atoms with Crippen LogP contribution < -0.4 is 5.32 Å². The molecule has 18 heavy (non-hydrogen) atoms. The number of halogens is 3. The van der Waals surface area contributed by atoms with E-state index < -0.39 is 0 Å². The van der Waals surface area contributed by atoms with E-state index in [1.807, 2.05) is 30.3 Å². The van der Waals surface area contributed by atoms with Gasteiger partial charge in [-0.1, -0.05) is 51.8 Å². The number of rotatable bonds is 4. The summed E-state index contributed by atoms with van der Waals surface area (Å²) in [5, 5.41) is 3.90. The van der Waals surface area contributed by atoms with Crippen molar-refractivity contribution in [3.05, 3.63) is 68.9 Å². The third-order valence-electron chi connectivity index (χ3n) is 2.60. The van der Waals surface area contributed by atoms with Crippen molar-refractivity contribution >= 4 is 27.5 Å². The van der Waals surface area contributed by atoms with Gasteiger partial charge in [0.2, 0.25) is 0 Å². The average Bonchev–Trinajstić information content (AvgIpc) is 2.34. The first-order valence-electron chi connectivity index (χ1n) is 5.55. The van der Waals surface area contributed by atoms with E-state index in [9.17, 15) is 4.39 Å². The van der Waals surface area contributed by atoms with Gasteiger partial charge in [0.05, 0.1) is 0 Å². The van der Waals surface area contributed by atoms with Gasteiger partial charge in [0.25, 0.3) is 0 Å². The SMILES string of the molecule is Fc1cc(Br)ccc1CNCc1ccccc1Cl. The zero-order valence-corrected chi connectivity index (χ0v) is 11.9. The van der Waals surface area contributed by atoms with Crippen LogP contribution in [0.5, 0.6) is 0 Å². The van der Waals surface area contributed by atoms with Crippen LogP contribution in [0.25, 0.3) is 0 Å². The predicted octanol–water partition coefficient (Wildman–Crippen LogP) is 4.53. The van der Waals surface area contributed by atoms with Gasteiger partial charge in [0.1, 0.15) is 5.82 Å². The molecule has 0 aromatic heterocycles. The summed E-state index contributed by atoms with van der Waals surface area (Å²) in [6.07, 6.45) is 0. The van der Waals surface area contributed by atoms with Gasteiger partial charge >= 0.3 is 0 Å². The molecule has 0 heterocycles. The molecule has 2 rings (SSSR count). The van der Waals surface area contributed by atoms with Gasteiger partial charge in [-0.2, -0.15) is 0 Å². The monoisotopic (exact) mass is 327 g/mol. The first-order valence-corrected chi connectivity index (χ1v) is 6.72. The predicted molar refractivity (Wildman–Crippen MR) is 76.1 cm³/mol. The van der Waals surface area contributed by atoms with E-state index in [2.05, 4.69) is 21.2 Å². The number of benzene rings is 2. The Balaban J connectivity index is 1.95. The normalized spacial score (nSPS) is 10.6. The fourth-order valence-electron chi connectivity index (χ4n) is 1.64. The van der Waals surface area contributed by atoms with E-state index in [4.69, 9.17) is 11.6 Å². The lowest BCUT2D eigenvalue weighted by atomic mass is 10.2. The molecule has 0 unspecified atom stereocenters. The van der Waals surface area contributed by atoms with Crippen LogP contribution in [-0.2, 0) is 13.1 Å². The maximum Gasteiger partial charge on any atom is 0.128 e. The third kappa shape index (κ3) is 3.55. The van der Waals surface area contributed by atoms with E-state index in [1.54, 1.807) is 6.07 Å². The van der Waals surface area contributed by atoms with Gasteiger partial charge in [-0.3, -0.25) is 0 Å². The van der Waals surface area contributed by atoms with Gasteiger partial charge in [-0.15, -0.1) is 0 Å². The molecule has 0 radical (unpaired) electrons. The van der Waals surface area contributed by atoms with Crippen molar-refractivity contribution in [2.75, 3.05) is 0 Å². The number of hydrogen-bond acceptors (Lipinski definition) is 1. The summed E-state index contributed by atoms with van der Waals surface area (Å²) < 4.78 is 14.3. The molecule has 0 aliphatic carbocycles. The Morgan fingerprint density at radius 1 is 1.06 bits per heavy atom. The lowest BCUT2D eigenvalue weighted by molar-refractivity contribution is 0.587. The highest BCUT2D eigenvalue weighted by Gasteiger charge is 2.03. The minimum Gasteiger partial charge on any atom is -0.308 e. The highest BCUT2D eigenvalue weighted by Crippen LogP contribution is 2.16. The van der Waals surface area contributed by atoms with Crippen molar-refractivity contribution in [3.8, 4) is 0 Å². The van der Waals surface area contributed by atoms with Crippen LogP contribution in [-0.4, -0.2) is 0 Å². The second kappa shape index (κ2) is 6.32. The van der Waals surface area contributed by atoms with Crippen LogP contribution in [0.4, 0.5) is 4.39 Å². The van der Waals surface area contributed by atoms with E-state index in [-0.39, 0.29) is 5.82 Å². The molecule has 0 fully saturated rings. The molecule has 0 atom stereocenters. The minimum absolute atomic E-state index is 0.212. The standard InChI is InChI=1S/C14H12BrClFN/c15-12-6-5-11(14(17)7-12)9-18-8-10-3-1-2-4-13(10)16/h1-7,18H,8-9H2. The quantitative estimate of drug-likeness (QED) is 0.869. The minimum atomic E-state index is -0.212. The Hall–Kier alpha value is -0.900. The fraction of sp³-hybridized carbons (Fsp3) is 0.143. The summed E-state index contributed by atoms with van der Waals surface area (Å²) in [4.78, 5) is 0. The highest BCUT2D eigenvalue weighted by atomic mass is 79.9. The Morgan fingerprint density at radius 3 is 2.50 bits per heavy atom. The first kappa shape index (κ1) is 13.5. The molecule has 94 valence electrons. The second-order valence-electron chi connectivity index (χ2n) is 3.93. The van der Waals surface area contributed by atoms with Crippen LogP contribution in [0, 0.1) is 5.82 Å². The van der Waals surface area contributed by atoms with Crippen molar-refractivity contribution in [3.63, 3.8) is 0 Å². The maximum atomic E-state index is 13.6. The molecule has 0 amide bonds. The molecule has 2 aromatic rings. The van der Waals surface area contributed by atoms with E-state index >= 15 is 0 Å². The van der Waals surface area contributed by atoms with Crippen LogP contribution >= 0.6 is 27.5 Å². The average molecular weight is 329 g/mol. The first-order chi connectivity index (χ1) is 8.66. The largest absolute Gasteiger partial charge is 0.308 e. The van der Waals surface area contributed by atoms with Gasteiger partial charge in [-0.05, 0) is 23.8 Å². The van der Waals surface area contributed by atoms with E-state index in [1.165, 1.54) is 6.07 Å². The van der Waals surface area contributed by atoms with Crippen LogP contribution in [0.2, 0.25) is 5.02 Å². The number of hydrogen-bond donors (Lipinski definition) is 1. The molecule has 0 spiro atoms. The Morgan fingerprint density at radius 2 is 1.78 bits per heavy atom. The van der Waals surface area contributed by atoms with Crippen LogP contribution in [0.3, 0.4) is 0 Å². The molecule has 1 nitrogen and oxygen atoms in total. The molecule has 0 saturated carbocycles. The molecular weight excluding hydrogens is 317 g/mol. The molecule has 4 heteroatoms. The zero-order valence-electron chi connectivity index (χ0n) is 9.59. The maximum absolute atomic E-state index is 13.6. The van der Waals surface area contributed by atoms with Gasteiger partial charge in [0.15, 0.2) is 0 Å². The van der Waals surface area contributed by atoms with Crippen molar-refractivity contribution in [1.82, 2.24) is 5.32 Å². The topological polar surface area (TPSA) is 12.0 Å². The lowest BCUT2D eigenvalue weighted by Crippen LogP contribution is -2.14. The van der Waals surface area contributed by atoms with Crippen molar-refractivity contribution in [2.45, 2.75) is 13.1 Å².